The minimum absolute atomic E-state index is 0.0294. The molecule has 124 valence electrons. The third-order valence-corrected chi connectivity index (χ3v) is 4.77. The van der Waals surface area contributed by atoms with E-state index in [9.17, 15) is 13.2 Å². The lowest BCUT2D eigenvalue weighted by Crippen LogP contribution is -2.50. The van der Waals surface area contributed by atoms with Crippen LogP contribution in [-0.2, 0) is 19.1 Å². The third kappa shape index (κ3) is 7.21. The summed E-state index contributed by atoms with van der Waals surface area (Å²) in [7, 11) is -3.60. The molecule has 0 aromatic carbocycles. The summed E-state index contributed by atoms with van der Waals surface area (Å²) in [5.74, 6) is -0.323. The monoisotopic (exact) mass is 322 g/mol. The molecule has 1 rings (SSSR count). The molecule has 0 aromatic heterocycles. The van der Waals surface area contributed by atoms with E-state index >= 15 is 0 Å². The minimum Gasteiger partial charge on any atom is -0.395 e. The van der Waals surface area contributed by atoms with E-state index in [1.54, 1.807) is 4.90 Å². The van der Waals surface area contributed by atoms with Crippen LogP contribution in [0.15, 0.2) is 0 Å². The van der Waals surface area contributed by atoms with Gasteiger partial charge < -0.3 is 10.0 Å². The number of carbonyl (C=O) groups excluding carboxylic acids is 1. The predicted molar refractivity (Wildman–Crippen MR) is 79.4 cm³/mol. The van der Waals surface area contributed by atoms with Gasteiger partial charge >= 0.3 is 0 Å². The van der Waals surface area contributed by atoms with Crippen molar-refractivity contribution in [2.45, 2.75) is 26.2 Å². The Morgan fingerprint density at radius 3 is 2.43 bits per heavy atom. The van der Waals surface area contributed by atoms with E-state index in [2.05, 4.69) is 4.90 Å². The lowest BCUT2D eigenvalue weighted by molar-refractivity contribution is -0.135. The van der Waals surface area contributed by atoms with Gasteiger partial charge in [-0.3, -0.25) is 13.9 Å². The molecule has 1 heterocycles. The highest BCUT2D eigenvalue weighted by atomic mass is 32.2. The van der Waals surface area contributed by atoms with Crippen LogP contribution in [0.3, 0.4) is 0 Å². The highest BCUT2D eigenvalue weighted by Crippen LogP contribution is 2.05. The Bertz CT molecular complexity index is 405. The normalized spacial score (nSPS) is 17.1. The predicted octanol–water partition coefficient (Wildman–Crippen LogP) is -0.340. The summed E-state index contributed by atoms with van der Waals surface area (Å²) in [5, 5.41) is 8.85. The number of hydrogen-bond donors (Lipinski definition) is 1. The first-order valence-corrected chi connectivity index (χ1v) is 9.04. The average molecular weight is 322 g/mol. The van der Waals surface area contributed by atoms with E-state index in [0.717, 1.165) is 12.8 Å². The first-order valence-electron chi connectivity index (χ1n) is 7.46. The number of β-amino-alcohol motifs (C(OH)–C–C–N with tert-alkyl or cyclic N) is 1. The molecule has 1 saturated heterocycles. The molecule has 0 radical (unpaired) electrons. The number of carbonyl (C=O) groups is 1. The van der Waals surface area contributed by atoms with Gasteiger partial charge in [-0.1, -0.05) is 19.8 Å². The molecule has 1 N–H and O–H groups in total. The lowest BCUT2D eigenvalue weighted by atomic mass is 10.3. The van der Waals surface area contributed by atoms with Crippen molar-refractivity contribution in [3.63, 3.8) is 0 Å². The summed E-state index contributed by atoms with van der Waals surface area (Å²) < 4.78 is 28.0. The first kappa shape index (κ1) is 18.3. The van der Waals surface area contributed by atoms with Crippen molar-refractivity contribution in [2.75, 3.05) is 51.7 Å². The van der Waals surface area contributed by atoms with Gasteiger partial charge in [-0.2, -0.15) is 8.42 Å². The molecule has 7 nitrogen and oxygen atoms in total. The summed E-state index contributed by atoms with van der Waals surface area (Å²) in [6.45, 7) is 4.75. The van der Waals surface area contributed by atoms with Crippen LogP contribution >= 0.6 is 0 Å². The molecule has 0 bridgehead atoms. The quantitative estimate of drug-likeness (QED) is 0.462. The molecule has 8 heteroatoms. The van der Waals surface area contributed by atoms with E-state index in [4.69, 9.17) is 9.29 Å². The molecule has 1 fully saturated rings. The van der Waals surface area contributed by atoms with E-state index in [-0.39, 0.29) is 18.3 Å². The molecule has 0 aromatic rings. The van der Waals surface area contributed by atoms with Gasteiger partial charge in [0.2, 0.25) is 5.91 Å². The van der Waals surface area contributed by atoms with Crippen molar-refractivity contribution >= 4 is 16.0 Å². The van der Waals surface area contributed by atoms with E-state index < -0.39 is 16.7 Å². The van der Waals surface area contributed by atoms with Crippen molar-refractivity contribution in [2.24, 2.45) is 0 Å². The maximum Gasteiger partial charge on any atom is 0.267 e. The summed E-state index contributed by atoms with van der Waals surface area (Å²) in [6, 6.07) is 0. The van der Waals surface area contributed by atoms with Crippen LogP contribution in [0, 0.1) is 0 Å². The average Bonchev–Trinajstić information content (AvgIpc) is 2.46. The fourth-order valence-corrected chi connectivity index (χ4v) is 3.14. The highest BCUT2D eigenvalue weighted by Gasteiger charge is 2.22. The number of hydrogen-bond acceptors (Lipinski definition) is 6. The maximum atomic E-state index is 11.9. The second-order valence-corrected chi connectivity index (χ2v) is 6.94. The topological polar surface area (TPSA) is 87.2 Å². The van der Waals surface area contributed by atoms with Gasteiger partial charge in [-0.25, -0.2) is 0 Å². The zero-order chi connectivity index (χ0) is 15.7. The van der Waals surface area contributed by atoms with Gasteiger partial charge in [-0.15, -0.1) is 0 Å². The summed E-state index contributed by atoms with van der Waals surface area (Å²) in [5.41, 5.74) is 0. The molecule has 1 aliphatic rings. The molecule has 21 heavy (non-hydrogen) atoms. The van der Waals surface area contributed by atoms with Gasteiger partial charge in [0.1, 0.15) is 6.61 Å². The van der Waals surface area contributed by atoms with E-state index in [0.29, 0.717) is 39.1 Å². The summed E-state index contributed by atoms with van der Waals surface area (Å²) in [6.07, 6.45) is 2.34. The lowest BCUT2D eigenvalue weighted by Gasteiger charge is -2.34. The van der Waals surface area contributed by atoms with Gasteiger partial charge in [0, 0.05) is 32.7 Å². The third-order valence-electron chi connectivity index (χ3n) is 3.50. The first-order chi connectivity index (χ1) is 9.98. The van der Waals surface area contributed by atoms with Gasteiger partial charge in [0.25, 0.3) is 10.1 Å². The van der Waals surface area contributed by atoms with Crippen LogP contribution in [0.25, 0.3) is 0 Å². The van der Waals surface area contributed by atoms with Gasteiger partial charge in [0.15, 0.2) is 0 Å². The number of aliphatic hydroxyl groups excluding tert-OH is 1. The highest BCUT2D eigenvalue weighted by molar-refractivity contribution is 7.86. The van der Waals surface area contributed by atoms with Crippen LogP contribution in [0.5, 0.6) is 0 Å². The molecule has 1 aliphatic heterocycles. The number of nitrogens with zero attached hydrogens (tertiary/aromatic N) is 2. The number of unbranched alkanes of at least 4 members (excludes halogenated alkanes) is 2. The SMILES string of the molecule is CCCCCS(=O)(=O)OCC(=O)N1CCN(CCO)CC1. The van der Waals surface area contributed by atoms with Crippen molar-refractivity contribution in [1.82, 2.24) is 9.80 Å². The fraction of sp³-hybridized carbons (Fsp3) is 0.923. The van der Waals surface area contributed by atoms with Crippen molar-refractivity contribution in [3.05, 3.63) is 0 Å². The maximum absolute atomic E-state index is 11.9. The van der Waals surface area contributed by atoms with Crippen LogP contribution < -0.4 is 0 Å². The molecule has 0 aliphatic carbocycles. The zero-order valence-electron chi connectivity index (χ0n) is 12.7. The van der Waals surface area contributed by atoms with Crippen LogP contribution in [0.1, 0.15) is 26.2 Å². The van der Waals surface area contributed by atoms with Gasteiger partial charge in [0.05, 0.1) is 12.4 Å². The van der Waals surface area contributed by atoms with Crippen LogP contribution in [0.4, 0.5) is 0 Å². The van der Waals surface area contributed by atoms with Crippen LogP contribution in [0.2, 0.25) is 0 Å². The van der Waals surface area contributed by atoms with Crippen LogP contribution in [-0.4, -0.2) is 80.9 Å². The number of amides is 1. The Balaban J connectivity index is 2.28. The standard InChI is InChI=1S/C13H26N2O5S/c1-2-3-4-11-21(18,19)20-12-13(17)15-7-5-14(6-8-15)9-10-16/h16H,2-12H2,1H3. The number of rotatable bonds is 9. The Kier molecular flexibility index (Phi) is 8.16. The molecule has 0 saturated carbocycles. The number of aliphatic hydroxyl groups is 1. The molecular formula is C13H26N2O5S. The molecular weight excluding hydrogens is 296 g/mol. The summed E-state index contributed by atoms with van der Waals surface area (Å²) in [4.78, 5) is 15.6. The van der Waals surface area contributed by atoms with E-state index in [1.807, 2.05) is 6.92 Å². The minimum atomic E-state index is -3.60. The molecule has 0 spiro atoms. The largest absolute Gasteiger partial charge is 0.395 e. The Morgan fingerprint density at radius 2 is 1.86 bits per heavy atom. The number of piperazine rings is 1. The van der Waals surface area contributed by atoms with Crippen molar-refractivity contribution in [3.8, 4) is 0 Å². The smallest absolute Gasteiger partial charge is 0.267 e. The zero-order valence-corrected chi connectivity index (χ0v) is 13.5. The molecule has 1 amide bonds. The van der Waals surface area contributed by atoms with Gasteiger partial charge in [-0.05, 0) is 6.42 Å². The Morgan fingerprint density at radius 1 is 1.19 bits per heavy atom. The Hall–Kier alpha value is -0.700. The molecule has 0 unspecified atom stereocenters. The second kappa shape index (κ2) is 9.34. The molecule has 0 atom stereocenters. The summed E-state index contributed by atoms with van der Waals surface area (Å²) >= 11 is 0. The Labute approximate surface area is 127 Å². The van der Waals surface area contributed by atoms with E-state index in [1.165, 1.54) is 0 Å². The fourth-order valence-electron chi connectivity index (χ4n) is 2.18. The van der Waals surface area contributed by atoms with Crippen molar-refractivity contribution in [1.29, 1.82) is 0 Å². The second-order valence-electron chi connectivity index (χ2n) is 5.18. The van der Waals surface area contributed by atoms with Crippen molar-refractivity contribution < 1.29 is 22.5 Å².